The first kappa shape index (κ1) is 19.9. The molecule has 1 atom stereocenters. The number of fused-ring (bicyclic) bond motifs is 1. The number of hydrogen-bond acceptors (Lipinski definition) is 3. The molecule has 1 heterocycles. The SMILES string of the molecule is CCN(C(=O)Nc1ccccc1)[C@@H](C)c1nc2cc(Cl)ccc2c(=O)n1CC. The first-order chi connectivity index (χ1) is 13.5. The van der Waals surface area contributed by atoms with Gasteiger partial charge in [0.2, 0.25) is 0 Å². The maximum atomic E-state index is 12.9. The number of halogens is 1. The number of amides is 2. The monoisotopic (exact) mass is 398 g/mol. The van der Waals surface area contributed by atoms with Gasteiger partial charge in [-0.05, 0) is 51.1 Å². The van der Waals surface area contributed by atoms with Crippen molar-refractivity contribution in [3.8, 4) is 0 Å². The first-order valence-electron chi connectivity index (χ1n) is 9.28. The first-order valence-corrected chi connectivity index (χ1v) is 9.66. The molecule has 0 radical (unpaired) electrons. The molecule has 1 N–H and O–H groups in total. The van der Waals surface area contributed by atoms with Gasteiger partial charge in [-0.1, -0.05) is 29.8 Å². The van der Waals surface area contributed by atoms with Gasteiger partial charge in [-0.2, -0.15) is 0 Å². The standard InChI is InChI=1S/C21H23ClN4O2/c1-4-25(21(28)23-16-9-7-6-8-10-16)14(3)19-24-18-13-15(22)11-12-17(18)20(27)26(19)5-2/h6-14H,4-5H2,1-3H3,(H,23,28)/t14-/m0/s1. The van der Waals surface area contributed by atoms with Crippen LogP contribution in [0, 0.1) is 0 Å². The van der Waals surface area contributed by atoms with Gasteiger partial charge in [0.05, 0.1) is 16.9 Å². The number of aromatic nitrogens is 2. The van der Waals surface area contributed by atoms with Crippen LogP contribution in [0.1, 0.15) is 32.6 Å². The average Bonchev–Trinajstić information content (AvgIpc) is 2.68. The second-order valence-electron chi connectivity index (χ2n) is 6.44. The molecule has 3 aromatic rings. The van der Waals surface area contributed by atoms with Crippen molar-refractivity contribution in [2.45, 2.75) is 33.4 Å². The van der Waals surface area contributed by atoms with Crippen molar-refractivity contribution in [3.63, 3.8) is 0 Å². The molecular weight excluding hydrogens is 376 g/mol. The molecule has 0 aliphatic carbocycles. The summed E-state index contributed by atoms with van der Waals surface area (Å²) in [5.74, 6) is 0.535. The Morgan fingerprint density at radius 3 is 2.57 bits per heavy atom. The van der Waals surface area contributed by atoms with E-state index in [2.05, 4.69) is 10.3 Å². The molecule has 0 saturated heterocycles. The highest BCUT2D eigenvalue weighted by Gasteiger charge is 2.25. The quantitative estimate of drug-likeness (QED) is 0.678. The number of rotatable bonds is 5. The summed E-state index contributed by atoms with van der Waals surface area (Å²) >= 11 is 6.08. The Morgan fingerprint density at radius 2 is 1.93 bits per heavy atom. The van der Waals surface area contributed by atoms with E-state index in [-0.39, 0.29) is 11.6 Å². The van der Waals surface area contributed by atoms with Crippen LogP contribution in [0.5, 0.6) is 0 Å². The fraction of sp³-hybridized carbons (Fsp3) is 0.286. The predicted molar refractivity (Wildman–Crippen MR) is 113 cm³/mol. The zero-order valence-corrected chi connectivity index (χ0v) is 16.9. The third-order valence-corrected chi connectivity index (χ3v) is 4.97. The van der Waals surface area contributed by atoms with Crippen molar-refractivity contribution in [2.24, 2.45) is 0 Å². The molecule has 1 aromatic heterocycles. The summed E-state index contributed by atoms with van der Waals surface area (Å²) in [6.07, 6.45) is 0. The highest BCUT2D eigenvalue weighted by molar-refractivity contribution is 6.31. The van der Waals surface area contributed by atoms with Crippen LogP contribution < -0.4 is 10.9 Å². The summed E-state index contributed by atoms with van der Waals surface area (Å²) in [4.78, 5) is 32.1. The van der Waals surface area contributed by atoms with Gasteiger partial charge in [0.1, 0.15) is 5.82 Å². The van der Waals surface area contributed by atoms with Gasteiger partial charge in [-0.15, -0.1) is 0 Å². The van der Waals surface area contributed by atoms with Crippen LogP contribution in [0.4, 0.5) is 10.5 Å². The van der Waals surface area contributed by atoms with Crippen LogP contribution in [-0.2, 0) is 6.54 Å². The lowest BCUT2D eigenvalue weighted by Crippen LogP contribution is -2.39. The Balaban J connectivity index is 2.01. The van der Waals surface area contributed by atoms with Crippen molar-refractivity contribution >= 4 is 34.2 Å². The Morgan fingerprint density at radius 1 is 1.21 bits per heavy atom. The van der Waals surface area contributed by atoms with Gasteiger partial charge in [0.25, 0.3) is 5.56 Å². The largest absolute Gasteiger partial charge is 0.322 e. The summed E-state index contributed by atoms with van der Waals surface area (Å²) in [6.45, 7) is 6.59. The Kier molecular flexibility index (Phi) is 5.99. The van der Waals surface area contributed by atoms with Crippen LogP contribution in [0.25, 0.3) is 10.9 Å². The fourth-order valence-electron chi connectivity index (χ4n) is 3.29. The second kappa shape index (κ2) is 8.44. The van der Waals surface area contributed by atoms with E-state index in [1.54, 1.807) is 27.7 Å². The number of benzene rings is 2. The van der Waals surface area contributed by atoms with E-state index < -0.39 is 6.04 Å². The van der Waals surface area contributed by atoms with E-state index >= 15 is 0 Å². The van der Waals surface area contributed by atoms with Gasteiger partial charge in [0.15, 0.2) is 0 Å². The molecule has 6 nitrogen and oxygen atoms in total. The number of urea groups is 1. The minimum Gasteiger partial charge on any atom is -0.315 e. The number of nitrogens with zero attached hydrogens (tertiary/aromatic N) is 3. The van der Waals surface area contributed by atoms with Gasteiger partial charge >= 0.3 is 6.03 Å². The predicted octanol–water partition coefficient (Wildman–Crippen LogP) is 4.68. The van der Waals surface area contributed by atoms with Crippen molar-refractivity contribution < 1.29 is 4.79 Å². The summed E-state index contributed by atoms with van der Waals surface area (Å²) in [5.41, 5.74) is 1.11. The van der Waals surface area contributed by atoms with Gasteiger partial charge in [0, 0.05) is 23.8 Å². The number of nitrogens with one attached hydrogen (secondary N) is 1. The number of para-hydroxylation sites is 1. The van der Waals surface area contributed by atoms with Crippen LogP contribution in [0.2, 0.25) is 5.02 Å². The van der Waals surface area contributed by atoms with Crippen LogP contribution in [-0.4, -0.2) is 27.0 Å². The maximum absolute atomic E-state index is 12.9. The lowest BCUT2D eigenvalue weighted by molar-refractivity contribution is 0.192. The van der Waals surface area contributed by atoms with Gasteiger partial charge < -0.3 is 10.2 Å². The van der Waals surface area contributed by atoms with Gasteiger partial charge in [-0.25, -0.2) is 9.78 Å². The molecule has 0 saturated carbocycles. The van der Waals surface area contributed by atoms with Crippen molar-refractivity contribution in [1.82, 2.24) is 14.5 Å². The smallest absolute Gasteiger partial charge is 0.315 e. The Bertz CT molecular complexity index is 1050. The zero-order valence-electron chi connectivity index (χ0n) is 16.1. The van der Waals surface area contributed by atoms with E-state index in [0.717, 1.165) is 0 Å². The molecule has 0 bridgehead atoms. The second-order valence-corrected chi connectivity index (χ2v) is 6.88. The van der Waals surface area contributed by atoms with Crippen molar-refractivity contribution in [1.29, 1.82) is 0 Å². The number of anilines is 1. The van der Waals surface area contributed by atoms with E-state index in [4.69, 9.17) is 11.6 Å². The number of carbonyl (C=O) groups is 1. The summed E-state index contributed by atoms with van der Waals surface area (Å²) in [6, 6.07) is 13.7. The molecule has 0 spiro atoms. The summed E-state index contributed by atoms with van der Waals surface area (Å²) in [7, 11) is 0. The molecule has 0 aliphatic heterocycles. The molecule has 2 amide bonds. The minimum absolute atomic E-state index is 0.134. The third kappa shape index (κ3) is 3.87. The van der Waals surface area contributed by atoms with Crippen LogP contribution in [0.15, 0.2) is 53.3 Å². The molecule has 28 heavy (non-hydrogen) atoms. The van der Waals surface area contributed by atoms with E-state index in [0.29, 0.717) is 40.5 Å². The highest BCUT2D eigenvalue weighted by Crippen LogP contribution is 2.22. The fourth-order valence-corrected chi connectivity index (χ4v) is 3.45. The van der Waals surface area contributed by atoms with E-state index in [9.17, 15) is 9.59 Å². The molecule has 0 aliphatic rings. The molecule has 2 aromatic carbocycles. The van der Waals surface area contributed by atoms with E-state index in [1.165, 1.54) is 0 Å². The lowest BCUT2D eigenvalue weighted by atomic mass is 10.2. The van der Waals surface area contributed by atoms with Gasteiger partial charge in [-0.3, -0.25) is 9.36 Å². The maximum Gasteiger partial charge on any atom is 0.322 e. The zero-order chi connectivity index (χ0) is 20.3. The lowest BCUT2D eigenvalue weighted by Gasteiger charge is -2.29. The molecule has 7 heteroatoms. The van der Waals surface area contributed by atoms with Crippen molar-refractivity contribution in [3.05, 3.63) is 69.7 Å². The molecular formula is C21H23ClN4O2. The topological polar surface area (TPSA) is 67.2 Å². The van der Waals surface area contributed by atoms with E-state index in [1.807, 2.05) is 51.1 Å². The number of carbonyl (C=O) groups excluding carboxylic acids is 1. The summed E-state index contributed by atoms with van der Waals surface area (Å²) in [5, 5.41) is 3.92. The normalized spacial score (nSPS) is 12.0. The Labute approximate surface area is 168 Å². The molecule has 0 unspecified atom stereocenters. The van der Waals surface area contributed by atoms with Crippen LogP contribution in [0.3, 0.4) is 0 Å². The molecule has 146 valence electrons. The minimum atomic E-state index is -0.398. The average molecular weight is 399 g/mol. The molecule has 3 rings (SSSR count). The Hall–Kier alpha value is -2.86. The highest BCUT2D eigenvalue weighted by atomic mass is 35.5. The molecule has 0 fully saturated rings. The van der Waals surface area contributed by atoms with Crippen LogP contribution >= 0.6 is 11.6 Å². The summed E-state index contributed by atoms with van der Waals surface area (Å²) < 4.78 is 1.61. The third-order valence-electron chi connectivity index (χ3n) is 4.73. The van der Waals surface area contributed by atoms with Crippen molar-refractivity contribution in [2.75, 3.05) is 11.9 Å². The number of hydrogen-bond donors (Lipinski definition) is 1.